The van der Waals surface area contributed by atoms with E-state index >= 15 is 0 Å². The molecule has 0 radical (unpaired) electrons. The van der Waals surface area contributed by atoms with Crippen LogP contribution in [0.4, 0.5) is 5.69 Å². The third-order valence-corrected chi connectivity index (χ3v) is 3.79. The molecule has 0 fully saturated rings. The Bertz CT molecular complexity index is 818. The number of hydrogen-bond donors (Lipinski definition) is 1. The van der Waals surface area contributed by atoms with Gasteiger partial charge in [0.2, 0.25) is 0 Å². The number of nitrogens with zero attached hydrogens (tertiary/aromatic N) is 2. The van der Waals surface area contributed by atoms with Gasteiger partial charge in [-0.3, -0.25) is 4.79 Å². The van der Waals surface area contributed by atoms with Crippen molar-refractivity contribution in [1.82, 2.24) is 4.57 Å². The number of halogens is 1. The molecule has 0 aliphatic rings. The van der Waals surface area contributed by atoms with Gasteiger partial charge in [0, 0.05) is 16.2 Å². The fourth-order valence-electron chi connectivity index (χ4n) is 2.03. The molecule has 0 aliphatic carbocycles. The number of anilines is 1. The van der Waals surface area contributed by atoms with Crippen LogP contribution in [0.1, 0.15) is 33.3 Å². The minimum atomic E-state index is -0.651. The van der Waals surface area contributed by atoms with Crippen molar-refractivity contribution in [2.24, 2.45) is 0 Å². The summed E-state index contributed by atoms with van der Waals surface area (Å²) in [6.45, 7) is 1.46. The van der Waals surface area contributed by atoms with Gasteiger partial charge in [-0.25, -0.2) is 4.79 Å². The van der Waals surface area contributed by atoms with Crippen molar-refractivity contribution in [3.63, 3.8) is 0 Å². The summed E-state index contributed by atoms with van der Waals surface area (Å²) in [5, 5.41) is 9.09. The Labute approximate surface area is 135 Å². The maximum absolute atomic E-state index is 11.9. The van der Waals surface area contributed by atoms with Gasteiger partial charge in [0.15, 0.2) is 11.5 Å². The quantitative estimate of drug-likeness (QED) is 0.669. The van der Waals surface area contributed by atoms with Gasteiger partial charge < -0.3 is 15.0 Å². The van der Waals surface area contributed by atoms with Crippen molar-refractivity contribution in [3.05, 3.63) is 45.7 Å². The number of methoxy groups -OCH3 is 1. The van der Waals surface area contributed by atoms with Crippen LogP contribution < -0.4 is 5.73 Å². The zero-order chi connectivity index (χ0) is 16.4. The van der Waals surface area contributed by atoms with E-state index in [-0.39, 0.29) is 22.7 Å². The molecular weight excluding hydrogens is 350 g/mol. The molecule has 2 aromatic rings. The van der Waals surface area contributed by atoms with Crippen LogP contribution in [0.3, 0.4) is 0 Å². The Hall–Kier alpha value is -2.59. The molecule has 1 aromatic carbocycles. The Kier molecular flexibility index (Phi) is 4.33. The molecule has 112 valence electrons. The smallest absolute Gasteiger partial charge is 0.357 e. The van der Waals surface area contributed by atoms with Crippen LogP contribution in [0.15, 0.2) is 28.9 Å². The maximum atomic E-state index is 11.9. The number of nitrogen functional groups attached to an aromatic ring is 1. The number of nitrogens with two attached hydrogens (primary N) is 1. The number of ketones is 1. The summed E-state index contributed by atoms with van der Waals surface area (Å²) < 4.78 is 6.77. The minimum Gasteiger partial charge on any atom is -0.464 e. The number of ether oxygens (including phenoxy) is 1. The first-order chi connectivity index (χ1) is 10.4. The summed E-state index contributed by atoms with van der Waals surface area (Å²) in [5.41, 5.74) is 7.22. The predicted octanol–water partition coefficient (Wildman–Crippen LogP) is 2.68. The van der Waals surface area contributed by atoms with E-state index in [4.69, 9.17) is 15.7 Å². The van der Waals surface area contributed by atoms with Crippen molar-refractivity contribution in [2.75, 3.05) is 12.8 Å². The van der Waals surface area contributed by atoms with Crippen molar-refractivity contribution < 1.29 is 14.3 Å². The minimum absolute atomic E-state index is 0.0527. The van der Waals surface area contributed by atoms with E-state index in [2.05, 4.69) is 15.9 Å². The number of carbonyl (C=O) groups excluding carboxylic acids is 2. The molecule has 0 amide bonds. The monoisotopic (exact) mass is 361 g/mol. The summed E-state index contributed by atoms with van der Waals surface area (Å²) >= 11 is 3.36. The first-order valence-electron chi connectivity index (χ1n) is 6.20. The first-order valence-corrected chi connectivity index (χ1v) is 7.00. The molecule has 7 heteroatoms. The van der Waals surface area contributed by atoms with Crippen LogP contribution in [0, 0.1) is 11.3 Å². The second-order valence-electron chi connectivity index (χ2n) is 4.50. The second-order valence-corrected chi connectivity index (χ2v) is 5.36. The van der Waals surface area contributed by atoms with Crippen molar-refractivity contribution >= 4 is 33.4 Å². The first kappa shape index (κ1) is 15.8. The highest BCUT2D eigenvalue weighted by Gasteiger charge is 2.22. The highest BCUT2D eigenvalue weighted by Crippen LogP contribution is 2.29. The highest BCUT2D eigenvalue weighted by atomic mass is 79.9. The standard InChI is InChI=1S/C15H12BrN3O3/c1-8(20)9-3-4-12(11(16)5-9)19-7-10(6-17)13(18)14(19)15(21)22-2/h3-5,7H,18H2,1-2H3. The van der Waals surface area contributed by atoms with Crippen LogP contribution in [-0.2, 0) is 4.74 Å². The lowest BCUT2D eigenvalue weighted by Crippen LogP contribution is -2.11. The second kappa shape index (κ2) is 6.03. The highest BCUT2D eigenvalue weighted by molar-refractivity contribution is 9.10. The molecule has 1 aromatic heterocycles. The fraction of sp³-hybridized carbons (Fsp3) is 0.133. The van der Waals surface area contributed by atoms with Gasteiger partial charge in [0.1, 0.15) is 6.07 Å². The fourth-order valence-corrected chi connectivity index (χ4v) is 2.60. The van der Waals surface area contributed by atoms with Crippen LogP contribution in [0.5, 0.6) is 0 Å². The maximum Gasteiger partial charge on any atom is 0.357 e. The molecular formula is C15H12BrN3O3. The Balaban J connectivity index is 2.70. The average molecular weight is 362 g/mol. The summed E-state index contributed by atoms with van der Waals surface area (Å²) in [7, 11) is 1.24. The lowest BCUT2D eigenvalue weighted by atomic mass is 10.1. The van der Waals surface area contributed by atoms with Crippen LogP contribution in [0.25, 0.3) is 5.69 Å². The molecule has 0 unspecified atom stereocenters. The van der Waals surface area contributed by atoms with Crippen molar-refractivity contribution in [2.45, 2.75) is 6.92 Å². The zero-order valence-corrected chi connectivity index (χ0v) is 13.5. The van der Waals surface area contributed by atoms with Gasteiger partial charge in [0.25, 0.3) is 0 Å². The molecule has 0 atom stereocenters. The molecule has 0 aliphatic heterocycles. The number of Topliss-reactive ketones (excluding diaryl/α,β-unsaturated/α-hetero) is 1. The van der Waals surface area contributed by atoms with E-state index in [0.29, 0.717) is 15.7 Å². The molecule has 0 bridgehead atoms. The molecule has 1 heterocycles. The lowest BCUT2D eigenvalue weighted by molar-refractivity contribution is 0.0592. The summed E-state index contributed by atoms with van der Waals surface area (Å²) in [6.07, 6.45) is 1.45. The lowest BCUT2D eigenvalue weighted by Gasteiger charge is -2.11. The van der Waals surface area contributed by atoms with Crippen LogP contribution >= 0.6 is 15.9 Å². The number of hydrogen-bond acceptors (Lipinski definition) is 5. The summed E-state index contributed by atoms with van der Waals surface area (Å²) in [6, 6.07) is 6.86. The molecule has 0 spiro atoms. The topological polar surface area (TPSA) is 98.1 Å². The zero-order valence-electron chi connectivity index (χ0n) is 11.9. The third-order valence-electron chi connectivity index (χ3n) is 3.16. The largest absolute Gasteiger partial charge is 0.464 e. The van der Waals surface area contributed by atoms with E-state index in [1.807, 2.05) is 6.07 Å². The van der Waals surface area contributed by atoms with Gasteiger partial charge in [-0.15, -0.1) is 0 Å². The predicted molar refractivity (Wildman–Crippen MR) is 83.9 cm³/mol. The van der Waals surface area contributed by atoms with Crippen molar-refractivity contribution in [1.29, 1.82) is 5.26 Å². The molecule has 0 saturated carbocycles. The number of esters is 1. The van der Waals surface area contributed by atoms with Crippen LogP contribution in [-0.4, -0.2) is 23.4 Å². The molecule has 6 nitrogen and oxygen atoms in total. The molecule has 22 heavy (non-hydrogen) atoms. The Morgan fingerprint density at radius 2 is 2.09 bits per heavy atom. The number of aromatic nitrogens is 1. The Morgan fingerprint density at radius 1 is 1.41 bits per heavy atom. The van der Waals surface area contributed by atoms with E-state index in [9.17, 15) is 9.59 Å². The van der Waals surface area contributed by atoms with Gasteiger partial charge in [0.05, 0.1) is 24.0 Å². The Morgan fingerprint density at radius 3 is 2.59 bits per heavy atom. The van der Waals surface area contributed by atoms with Gasteiger partial charge >= 0.3 is 5.97 Å². The SMILES string of the molecule is COC(=O)c1c(N)c(C#N)cn1-c1ccc(C(C)=O)cc1Br. The number of rotatable bonds is 3. The van der Waals surface area contributed by atoms with Gasteiger partial charge in [-0.2, -0.15) is 5.26 Å². The molecule has 2 rings (SSSR count). The average Bonchev–Trinajstić information content (AvgIpc) is 2.82. The van der Waals surface area contributed by atoms with Crippen LogP contribution in [0.2, 0.25) is 0 Å². The third kappa shape index (κ3) is 2.61. The van der Waals surface area contributed by atoms with Gasteiger partial charge in [-0.1, -0.05) is 0 Å². The van der Waals surface area contributed by atoms with E-state index < -0.39 is 5.97 Å². The van der Waals surface area contributed by atoms with Crippen molar-refractivity contribution in [3.8, 4) is 11.8 Å². The summed E-state index contributed by atoms with van der Waals surface area (Å²) in [5.74, 6) is -0.730. The molecule has 0 saturated heterocycles. The van der Waals surface area contributed by atoms with E-state index in [1.54, 1.807) is 18.2 Å². The molecule has 2 N–H and O–H groups in total. The normalized spacial score (nSPS) is 10.1. The van der Waals surface area contributed by atoms with E-state index in [0.717, 1.165) is 0 Å². The summed E-state index contributed by atoms with van der Waals surface area (Å²) in [4.78, 5) is 23.3. The van der Waals surface area contributed by atoms with E-state index in [1.165, 1.54) is 24.8 Å². The number of carbonyl (C=O) groups is 2. The van der Waals surface area contributed by atoms with Gasteiger partial charge in [-0.05, 0) is 41.1 Å². The number of benzene rings is 1. The number of nitriles is 1.